The van der Waals surface area contributed by atoms with E-state index in [1.807, 2.05) is 48.2 Å². The van der Waals surface area contributed by atoms with Crippen LogP contribution in [0.3, 0.4) is 0 Å². The van der Waals surface area contributed by atoms with Crippen LogP contribution in [0, 0.1) is 6.92 Å². The zero-order valence-corrected chi connectivity index (χ0v) is 19.8. The quantitative estimate of drug-likeness (QED) is 0.606. The highest BCUT2D eigenvalue weighted by atomic mass is 16.2. The average Bonchev–Trinajstić information content (AvgIpc) is 3.37. The third-order valence-corrected chi connectivity index (χ3v) is 6.61. The largest absolute Gasteiger partial charge is 0.356 e. The van der Waals surface area contributed by atoms with Crippen molar-refractivity contribution in [3.8, 4) is 0 Å². The van der Waals surface area contributed by atoms with Gasteiger partial charge in [0.1, 0.15) is 17.5 Å². The molecule has 0 aliphatic carbocycles. The van der Waals surface area contributed by atoms with E-state index in [9.17, 15) is 4.79 Å². The molecule has 0 saturated carbocycles. The molecule has 0 radical (unpaired) electrons. The number of aromatic nitrogens is 3. The van der Waals surface area contributed by atoms with Gasteiger partial charge in [0, 0.05) is 62.3 Å². The van der Waals surface area contributed by atoms with Gasteiger partial charge in [0.15, 0.2) is 0 Å². The van der Waals surface area contributed by atoms with Gasteiger partial charge in [-0.1, -0.05) is 32.0 Å². The summed E-state index contributed by atoms with van der Waals surface area (Å²) in [6, 6.07) is 12.1. The zero-order chi connectivity index (χ0) is 22.9. The second-order valence-corrected chi connectivity index (χ2v) is 9.41. The maximum absolute atomic E-state index is 13.7. The van der Waals surface area contributed by atoms with Gasteiger partial charge >= 0.3 is 0 Å². The third kappa shape index (κ3) is 4.36. The summed E-state index contributed by atoms with van der Waals surface area (Å²) >= 11 is 0. The number of nitrogens with zero attached hydrogens (tertiary/aromatic N) is 6. The zero-order valence-electron chi connectivity index (χ0n) is 19.8. The van der Waals surface area contributed by atoms with Gasteiger partial charge in [0.25, 0.3) is 5.91 Å². The number of fused-ring (bicyclic) bond motifs is 1. The van der Waals surface area contributed by atoms with Crippen LogP contribution >= 0.6 is 0 Å². The number of carbonyl (C=O) groups is 1. The predicted molar refractivity (Wildman–Crippen MR) is 132 cm³/mol. The summed E-state index contributed by atoms with van der Waals surface area (Å²) in [7, 11) is 0. The Hall–Kier alpha value is -3.22. The van der Waals surface area contributed by atoms with Crippen molar-refractivity contribution in [3.05, 3.63) is 53.5 Å². The molecule has 2 fully saturated rings. The molecule has 2 aliphatic rings. The van der Waals surface area contributed by atoms with Crippen molar-refractivity contribution < 1.29 is 4.79 Å². The Balaban J connectivity index is 1.37. The highest BCUT2D eigenvalue weighted by molar-refractivity contribution is 6.02. The first-order valence-electron chi connectivity index (χ1n) is 12.0. The Morgan fingerprint density at radius 3 is 2.33 bits per heavy atom. The molecule has 1 amide bonds. The van der Waals surface area contributed by atoms with Crippen molar-refractivity contribution in [2.24, 2.45) is 0 Å². The maximum Gasteiger partial charge on any atom is 0.257 e. The van der Waals surface area contributed by atoms with Crippen LogP contribution in [0.2, 0.25) is 0 Å². The average molecular weight is 445 g/mol. The fourth-order valence-electron chi connectivity index (χ4n) is 4.74. The molecule has 2 aliphatic heterocycles. The molecule has 33 heavy (non-hydrogen) atoms. The monoisotopic (exact) mass is 444 g/mol. The number of amides is 1. The predicted octanol–water partition coefficient (Wildman–Crippen LogP) is 4.02. The smallest absolute Gasteiger partial charge is 0.257 e. The first kappa shape index (κ1) is 21.6. The van der Waals surface area contributed by atoms with E-state index >= 15 is 0 Å². The number of anilines is 2. The second-order valence-electron chi connectivity index (χ2n) is 9.41. The van der Waals surface area contributed by atoms with E-state index in [2.05, 4.69) is 28.6 Å². The summed E-state index contributed by atoms with van der Waals surface area (Å²) in [5.74, 6) is 3.04. The highest BCUT2D eigenvalue weighted by Gasteiger charge is 2.28. The fraction of sp³-hybridized carbons (Fsp3) is 0.462. The number of rotatable bonds is 4. The molecule has 3 aromatic rings. The van der Waals surface area contributed by atoms with E-state index in [0.717, 1.165) is 78.6 Å². The highest BCUT2D eigenvalue weighted by Crippen LogP contribution is 2.28. The van der Waals surface area contributed by atoms with Crippen molar-refractivity contribution in [1.82, 2.24) is 19.9 Å². The van der Waals surface area contributed by atoms with Gasteiger partial charge in [-0.05, 0) is 31.9 Å². The van der Waals surface area contributed by atoms with Gasteiger partial charge in [0.2, 0.25) is 0 Å². The molecule has 0 unspecified atom stereocenters. The van der Waals surface area contributed by atoms with Crippen LogP contribution in [0.4, 0.5) is 11.6 Å². The van der Waals surface area contributed by atoms with Crippen molar-refractivity contribution in [2.45, 2.75) is 39.5 Å². The van der Waals surface area contributed by atoms with E-state index in [1.54, 1.807) is 0 Å². The maximum atomic E-state index is 13.7. The van der Waals surface area contributed by atoms with Gasteiger partial charge in [-0.25, -0.2) is 15.0 Å². The summed E-state index contributed by atoms with van der Waals surface area (Å²) in [6.45, 7) is 11.0. The number of para-hydroxylation sites is 1. The summed E-state index contributed by atoms with van der Waals surface area (Å²) < 4.78 is 0. The summed E-state index contributed by atoms with van der Waals surface area (Å²) in [5.41, 5.74) is 2.66. The number of piperazine rings is 1. The van der Waals surface area contributed by atoms with Gasteiger partial charge in [-0.2, -0.15) is 0 Å². The lowest BCUT2D eigenvalue weighted by Gasteiger charge is -2.36. The summed E-state index contributed by atoms with van der Waals surface area (Å²) in [4.78, 5) is 34.5. The first-order chi connectivity index (χ1) is 16.0. The minimum Gasteiger partial charge on any atom is -0.356 e. The second kappa shape index (κ2) is 8.96. The molecular weight excluding hydrogens is 412 g/mol. The molecule has 0 spiro atoms. The number of carbonyl (C=O) groups excluding carboxylic acids is 1. The molecule has 7 nitrogen and oxygen atoms in total. The minimum atomic E-state index is 0.0801. The molecule has 2 aromatic heterocycles. The number of aryl methyl sites for hydroxylation is 1. The van der Waals surface area contributed by atoms with Crippen molar-refractivity contribution >= 4 is 28.4 Å². The molecule has 5 rings (SSSR count). The van der Waals surface area contributed by atoms with Crippen molar-refractivity contribution in [3.63, 3.8) is 0 Å². The molecule has 7 heteroatoms. The van der Waals surface area contributed by atoms with E-state index in [-0.39, 0.29) is 11.8 Å². The molecule has 0 atom stereocenters. The van der Waals surface area contributed by atoms with Crippen molar-refractivity contribution in [2.75, 3.05) is 49.1 Å². The molecule has 172 valence electrons. The first-order valence-corrected chi connectivity index (χ1v) is 12.0. The van der Waals surface area contributed by atoms with Crippen LogP contribution in [0.15, 0.2) is 36.4 Å². The van der Waals surface area contributed by atoms with Crippen LogP contribution in [0.25, 0.3) is 10.9 Å². The van der Waals surface area contributed by atoms with Crippen LogP contribution in [0.1, 0.15) is 54.5 Å². The lowest BCUT2D eigenvalue weighted by atomic mass is 10.1. The molecule has 0 bridgehead atoms. The van der Waals surface area contributed by atoms with Gasteiger partial charge in [-0.15, -0.1) is 0 Å². The van der Waals surface area contributed by atoms with Gasteiger partial charge in [0.05, 0.1) is 11.1 Å². The molecule has 1 aromatic carbocycles. The van der Waals surface area contributed by atoms with E-state index in [1.165, 1.54) is 0 Å². The topological polar surface area (TPSA) is 65.5 Å². The Morgan fingerprint density at radius 2 is 1.61 bits per heavy atom. The Bertz CT molecular complexity index is 1160. The molecule has 4 heterocycles. The number of hydrogen-bond acceptors (Lipinski definition) is 6. The standard InChI is InChI=1S/C26H32N6O/c1-18(2)24-27-19(3)16-23(29-24)30-12-14-32(15-13-30)26(33)21-17-20-8-4-5-9-22(20)28-25(21)31-10-6-7-11-31/h4-5,8-9,16-18H,6-7,10-15H2,1-3H3. The van der Waals surface area contributed by atoms with E-state index in [4.69, 9.17) is 9.97 Å². The third-order valence-electron chi connectivity index (χ3n) is 6.61. The molecule has 0 N–H and O–H groups in total. The number of hydrogen-bond donors (Lipinski definition) is 0. The number of pyridine rings is 1. The van der Waals surface area contributed by atoms with Crippen LogP contribution in [-0.4, -0.2) is 65.0 Å². The lowest BCUT2D eigenvalue weighted by molar-refractivity contribution is 0.0747. The van der Waals surface area contributed by atoms with Crippen LogP contribution < -0.4 is 9.80 Å². The van der Waals surface area contributed by atoms with Crippen LogP contribution in [0.5, 0.6) is 0 Å². The van der Waals surface area contributed by atoms with Crippen LogP contribution in [-0.2, 0) is 0 Å². The Labute approximate surface area is 195 Å². The lowest BCUT2D eigenvalue weighted by Crippen LogP contribution is -2.49. The molecule has 2 saturated heterocycles. The Morgan fingerprint density at radius 1 is 0.879 bits per heavy atom. The summed E-state index contributed by atoms with van der Waals surface area (Å²) in [6.07, 6.45) is 2.30. The van der Waals surface area contributed by atoms with E-state index in [0.29, 0.717) is 13.1 Å². The Kier molecular flexibility index (Phi) is 5.87. The normalized spacial score (nSPS) is 16.8. The summed E-state index contributed by atoms with van der Waals surface area (Å²) in [5, 5.41) is 1.01. The van der Waals surface area contributed by atoms with Gasteiger partial charge < -0.3 is 14.7 Å². The van der Waals surface area contributed by atoms with Gasteiger partial charge in [-0.3, -0.25) is 4.79 Å². The van der Waals surface area contributed by atoms with Crippen molar-refractivity contribution in [1.29, 1.82) is 0 Å². The van der Waals surface area contributed by atoms with E-state index < -0.39 is 0 Å². The number of benzene rings is 1. The fourth-order valence-corrected chi connectivity index (χ4v) is 4.74. The SMILES string of the molecule is Cc1cc(N2CCN(C(=O)c3cc4ccccc4nc3N3CCCC3)CC2)nc(C(C)C)n1. The minimum absolute atomic E-state index is 0.0801. The molecular formula is C26H32N6O.